The topological polar surface area (TPSA) is 55.3 Å². The molecular weight excluding hydrogens is 321 g/mol. The van der Waals surface area contributed by atoms with Crippen LogP contribution in [0.3, 0.4) is 0 Å². The molecule has 0 unspecified atom stereocenters. The van der Waals surface area contributed by atoms with Crippen molar-refractivity contribution in [3.63, 3.8) is 0 Å². The number of nitrogens with zero attached hydrogens (tertiary/aromatic N) is 3. The maximum atomic E-state index is 14.7. The average molecular weight is 339 g/mol. The van der Waals surface area contributed by atoms with Gasteiger partial charge in [0.05, 0.1) is 24.1 Å². The number of hydrogen-bond donors (Lipinski definition) is 0. The van der Waals surface area contributed by atoms with E-state index in [2.05, 4.69) is 21.8 Å². The van der Waals surface area contributed by atoms with Gasteiger partial charge in [0.2, 0.25) is 0 Å². The molecule has 0 aliphatic carbocycles. The lowest BCUT2D eigenvalue weighted by atomic mass is 10.1. The van der Waals surface area contributed by atoms with Gasteiger partial charge in [0.15, 0.2) is 6.29 Å². The molecule has 2 heterocycles. The molecule has 3 rings (SSSR count). The van der Waals surface area contributed by atoms with E-state index in [1.807, 2.05) is 18.7 Å². The van der Waals surface area contributed by atoms with Crippen molar-refractivity contribution in [3.05, 3.63) is 53.4 Å². The first-order valence-corrected chi connectivity index (χ1v) is 8.04. The molecule has 0 spiro atoms. The third-order valence-electron chi connectivity index (χ3n) is 3.85. The number of hydrogen-bond acceptors (Lipinski definition) is 5. The Labute approximate surface area is 145 Å². The van der Waals surface area contributed by atoms with Gasteiger partial charge in [-0.15, -0.1) is 0 Å². The Balaban J connectivity index is 1.94. The minimum atomic E-state index is -0.464. The number of carbonyl (C=O) groups excluding carboxylic acids is 1. The number of rotatable bonds is 2. The summed E-state index contributed by atoms with van der Waals surface area (Å²) in [6.45, 7) is 4.93. The molecule has 2 aromatic rings. The van der Waals surface area contributed by atoms with E-state index in [1.54, 1.807) is 12.3 Å². The van der Waals surface area contributed by atoms with Crippen LogP contribution in [0.5, 0.6) is 0 Å². The number of anilines is 1. The monoisotopic (exact) mass is 339 g/mol. The molecule has 1 aliphatic heterocycles. The van der Waals surface area contributed by atoms with Crippen LogP contribution in [0, 0.1) is 17.7 Å². The van der Waals surface area contributed by atoms with Crippen LogP contribution in [-0.2, 0) is 4.74 Å². The number of aromatic nitrogens is 2. The molecule has 0 saturated carbocycles. The molecule has 25 heavy (non-hydrogen) atoms. The quantitative estimate of drug-likeness (QED) is 0.621. The number of halogens is 1. The first kappa shape index (κ1) is 17.1. The lowest BCUT2D eigenvalue weighted by Gasteiger charge is -2.37. The standard InChI is InChI=1S/C19H18FN3O2/c1-13-10-23(11-14(2)25-13)19-16(12-24)7-15(8-18(19)20)3-4-17-9-21-5-6-22-17/h5-9,12-14H,10-11H2,1-2H3/t13-,14+. The van der Waals surface area contributed by atoms with Gasteiger partial charge in [-0.1, -0.05) is 5.92 Å². The highest BCUT2D eigenvalue weighted by Gasteiger charge is 2.26. The van der Waals surface area contributed by atoms with Crippen molar-refractivity contribution < 1.29 is 13.9 Å². The van der Waals surface area contributed by atoms with Crippen LogP contribution in [0.2, 0.25) is 0 Å². The van der Waals surface area contributed by atoms with Gasteiger partial charge in [-0.05, 0) is 31.9 Å². The Bertz CT molecular complexity index is 820. The van der Waals surface area contributed by atoms with E-state index in [9.17, 15) is 9.18 Å². The number of carbonyl (C=O) groups is 1. The summed E-state index contributed by atoms with van der Waals surface area (Å²) in [7, 11) is 0. The van der Waals surface area contributed by atoms with Gasteiger partial charge in [0.25, 0.3) is 0 Å². The Morgan fingerprint density at radius 2 is 2.00 bits per heavy atom. The number of ether oxygens (including phenoxy) is 1. The molecule has 5 nitrogen and oxygen atoms in total. The van der Waals surface area contributed by atoms with Crippen LogP contribution in [-0.4, -0.2) is 41.6 Å². The summed E-state index contributed by atoms with van der Waals surface area (Å²) >= 11 is 0. The van der Waals surface area contributed by atoms with E-state index in [-0.39, 0.29) is 17.8 Å². The minimum Gasteiger partial charge on any atom is -0.372 e. The van der Waals surface area contributed by atoms with Gasteiger partial charge in [-0.25, -0.2) is 9.37 Å². The zero-order valence-corrected chi connectivity index (χ0v) is 14.1. The third kappa shape index (κ3) is 4.01. The zero-order chi connectivity index (χ0) is 17.8. The summed E-state index contributed by atoms with van der Waals surface area (Å²) in [4.78, 5) is 21.3. The average Bonchev–Trinajstić information content (AvgIpc) is 2.59. The second kappa shape index (κ2) is 7.41. The van der Waals surface area contributed by atoms with Crippen molar-refractivity contribution >= 4 is 12.0 Å². The van der Waals surface area contributed by atoms with Crippen molar-refractivity contribution in [1.82, 2.24) is 9.97 Å². The molecule has 2 atom stereocenters. The van der Waals surface area contributed by atoms with E-state index >= 15 is 0 Å². The van der Waals surface area contributed by atoms with Crippen molar-refractivity contribution in [2.75, 3.05) is 18.0 Å². The summed E-state index contributed by atoms with van der Waals surface area (Å²) < 4.78 is 20.4. The number of aldehydes is 1. The van der Waals surface area contributed by atoms with Crippen molar-refractivity contribution in [2.24, 2.45) is 0 Å². The lowest BCUT2D eigenvalue weighted by molar-refractivity contribution is -0.00543. The van der Waals surface area contributed by atoms with Gasteiger partial charge in [-0.2, -0.15) is 0 Å². The summed E-state index contributed by atoms with van der Waals surface area (Å²) in [5.74, 6) is 5.18. The van der Waals surface area contributed by atoms with Crippen LogP contribution >= 0.6 is 0 Å². The fraction of sp³-hybridized carbons (Fsp3) is 0.316. The molecule has 0 bridgehead atoms. The highest BCUT2D eigenvalue weighted by Crippen LogP contribution is 2.28. The molecule has 1 fully saturated rings. The molecule has 128 valence electrons. The molecule has 1 aromatic heterocycles. The summed E-state index contributed by atoms with van der Waals surface area (Å²) in [6.07, 6.45) is 5.21. The Kier molecular flexibility index (Phi) is 5.05. The number of morpholine rings is 1. The number of benzene rings is 1. The van der Waals surface area contributed by atoms with Gasteiger partial charge in [0.1, 0.15) is 11.5 Å². The Morgan fingerprint density at radius 3 is 2.64 bits per heavy atom. The SMILES string of the molecule is C[C@@H]1CN(c2c(F)cc(C#Cc3cnccn3)cc2C=O)C[C@H](C)O1. The predicted molar refractivity (Wildman–Crippen MR) is 92.0 cm³/mol. The smallest absolute Gasteiger partial charge is 0.152 e. The molecule has 6 heteroatoms. The summed E-state index contributed by atoms with van der Waals surface area (Å²) in [5, 5.41) is 0. The van der Waals surface area contributed by atoms with Gasteiger partial charge in [-0.3, -0.25) is 9.78 Å². The van der Waals surface area contributed by atoms with Crippen molar-refractivity contribution in [2.45, 2.75) is 26.1 Å². The van der Waals surface area contributed by atoms with E-state index in [4.69, 9.17) is 4.74 Å². The Hall–Kier alpha value is -2.78. The van der Waals surface area contributed by atoms with Crippen molar-refractivity contribution in [1.29, 1.82) is 0 Å². The molecular formula is C19H18FN3O2. The lowest BCUT2D eigenvalue weighted by Crippen LogP contribution is -2.46. The van der Waals surface area contributed by atoms with Gasteiger partial charge in [0, 0.05) is 36.6 Å². The minimum absolute atomic E-state index is 0.0289. The van der Waals surface area contributed by atoms with E-state index in [0.717, 1.165) is 0 Å². The van der Waals surface area contributed by atoms with Crippen LogP contribution in [0.25, 0.3) is 0 Å². The second-order valence-corrected chi connectivity index (χ2v) is 6.02. The van der Waals surface area contributed by atoms with Crippen molar-refractivity contribution in [3.8, 4) is 11.8 Å². The third-order valence-corrected chi connectivity index (χ3v) is 3.85. The highest BCUT2D eigenvalue weighted by atomic mass is 19.1. The molecule has 0 amide bonds. The van der Waals surface area contributed by atoms with E-state index < -0.39 is 5.82 Å². The van der Waals surface area contributed by atoms with Gasteiger partial charge >= 0.3 is 0 Å². The highest BCUT2D eigenvalue weighted by molar-refractivity contribution is 5.86. The van der Waals surface area contributed by atoms with Crippen LogP contribution < -0.4 is 4.90 Å². The van der Waals surface area contributed by atoms with Gasteiger partial charge < -0.3 is 9.64 Å². The summed E-state index contributed by atoms with van der Waals surface area (Å²) in [6, 6.07) is 2.94. The molecule has 0 radical (unpaired) electrons. The second-order valence-electron chi connectivity index (χ2n) is 6.02. The fourth-order valence-corrected chi connectivity index (χ4v) is 2.98. The molecule has 1 aliphatic rings. The fourth-order valence-electron chi connectivity index (χ4n) is 2.98. The van der Waals surface area contributed by atoms with E-state index in [0.29, 0.717) is 36.3 Å². The summed E-state index contributed by atoms with van der Waals surface area (Å²) in [5.41, 5.74) is 1.49. The Morgan fingerprint density at radius 1 is 1.24 bits per heavy atom. The largest absolute Gasteiger partial charge is 0.372 e. The first-order chi connectivity index (χ1) is 12.1. The van der Waals surface area contributed by atoms with E-state index in [1.165, 1.54) is 18.5 Å². The van der Waals surface area contributed by atoms with Crippen LogP contribution in [0.15, 0.2) is 30.7 Å². The molecule has 1 saturated heterocycles. The normalized spacial score (nSPS) is 19.9. The molecule has 0 N–H and O–H groups in total. The van der Waals surface area contributed by atoms with Crippen LogP contribution in [0.1, 0.15) is 35.5 Å². The zero-order valence-electron chi connectivity index (χ0n) is 14.1. The maximum absolute atomic E-state index is 14.7. The van der Waals surface area contributed by atoms with Crippen LogP contribution in [0.4, 0.5) is 10.1 Å². The predicted octanol–water partition coefficient (Wildman–Crippen LogP) is 2.44. The maximum Gasteiger partial charge on any atom is 0.152 e. The first-order valence-electron chi connectivity index (χ1n) is 8.04. The molecule has 1 aromatic carbocycles.